The molecule has 0 spiro atoms. The van der Waals surface area contributed by atoms with Gasteiger partial charge in [0.05, 0.1) is 6.54 Å². The molecule has 1 aromatic carbocycles. The predicted molar refractivity (Wildman–Crippen MR) is 99.1 cm³/mol. The summed E-state index contributed by atoms with van der Waals surface area (Å²) in [5, 5.41) is 0.362. The first-order valence-corrected chi connectivity index (χ1v) is 9.78. The van der Waals surface area contributed by atoms with Gasteiger partial charge in [0.25, 0.3) is 0 Å². The molecule has 0 radical (unpaired) electrons. The Morgan fingerprint density at radius 3 is 2.42 bits per heavy atom. The lowest BCUT2D eigenvalue weighted by atomic mass is 9.94. The van der Waals surface area contributed by atoms with Gasteiger partial charge in [0.1, 0.15) is 5.82 Å². The minimum absolute atomic E-state index is 0.0200. The first kappa shape index (κ1) is 19.2. The van der Waals surface area contributed by atoms with E-state index in [-0.39, 0.29) is 42.1 Å². The maximum Gasteiger partial charge on any atom is 0.226 e. The lowest BCUT2D eigenvalue weighted by Gasteiger charge is -2.35. The fraction of sp³-hybridized carbons (Fsp3) is 0.600. The topological polar surface area (TPSA) is 40.6 Å². The van der Waals surface area contributed by atoms with Gasteiger partial charge in [-0.05, 0) is 37.8 Å². The molecule has 0 N–H and O–H groups in total. The Kier molecular flexibility index (Phi) is 5.86. The summed E-state index contributed by atoms with van der Waals surface area (Å²) in [5.41, 5.74) is 0.391. The first-order valence-electron chi connectivity index (χ1n) is 9.40. The van der Waals surface area contributed by atoms with E-state index in [1.807, 2.05) is 18.7 Å². The molecule has 0 unspecified atom stereocenters. The van der Waals surface area contributed by atoms with Crippen molar-refractivity contribution in [2.24, 2.45) is 11.8 Å². The van der Waals surface area contributed by atoms with Crippen molar-refractivity contribution in [3.63, 3.8) is 0 Å². The number of benzene rings is 1. The normalized spacial score (nSPS) is 18.3. The van der Waals surface area contributed by atoms with E-state index in [9.17, 15) is 14.0 Å². The highest BCUT2D eigenvalue weighted by Gasteiger charge is 2.38. The summed E-state index contributed by atoms with van der Waals surface area (Å²) in [5.74, 6) is -0.268. The fourth-order valence-corrected chi connectivity index (χ4v) is 3.80. The Balaban J connectivity index is 1.66. The second kappa shape index (κ2) is 7.95. The van der Waals surface area contributed by atoms with Crippen LogP contribution in [-0.4, -0.2) is 40.7 Å². The average molecular weight is 381 g/mol. The second-order valence-electron chi connectivity index (χ2n) is 7.65. The second-order valence-corrected chi connectivity index (χ2v) is 8.06. The smallest absolute Gasteiger partial charge is 0.226 e. The van der Waals surface area contributed by atoms with Crippen molar-refractivity contribution >= 4 is 23.4 Å². The molecule has 3 rings (SSSR count). The van der Waals surface area contributed by atoms with Crippen LogP contribution in [0.15, 0.2) is 18.2 Å². The molecule has 1 heterocycles. The third-order valence-corrected chi connectivity index (χ3v) is 5.66. The number of piperidine rings is 1. The van der Waals surface area contributed by atoms with Gasteiger partial charge in [0.15, 0.2) is 0 Å². The maximum absolute atomic E-state index is 14.1. The fourth-order valence-electron chi connectivity index (χ4n) is 3.57. The van der Waals surface area contributed by atoms with Gasteiger partial charge in [-0.25, -0.2) is 4.39 Å². The molecule has 26 heavy (non-hydrogen) atoms. The van der Waals surface area contributed by atoms with Gasteiger partial charge in [-0.2, -0.15) is 0 Å². The van der Waals surface area contributed by atoms with E-state index in [1.54, 1.807) is 17.0 Å². The van der Waals surface area contributed by atoms with Crippen molar-refractivity contribution in [1.29, 1.82) is 0 Å². The van der Waals surface area contributed by atoms with Gasteiger partial charge in [0, 0.05) is 41.6 Å². The highest BCUT2D eigenvalue weighted by Crippen LogP contribution is 2.33. The Hall–Kier alpha value is -1.62. The van der Waals surface area contributed by atoms with Crippen LogP contribution in [0, 0.1) is 17.7 Å². The van der Waals surface area contributed by atoms with E-state index >= 15 is 0 Å². The van der Waals surface area contributed by atoms with Crippen LogP contribution in [0.4, 0.5) is 4.39 Å². The number of hydrogen-bond donors (Lipinski definition) is 0. The van der Waals surface area contributed by atoms with Crippen molar-refractivity contribution < 1.29 is 14.0 Å². The van der Waals surface area contributed by atoms with E-state index in [2.05, 4.69) is 0 Å². The average Bonchev–Trinajstić information content (AvgIpc) is 3.45. The summed E-state index contributed by atoms with van der Waals surface area (Å²) in [4.78, 5) is 28.8. The van der Waals surface area contributed by atoms with E-state index in [4.69, 9.17) is 11.6 Å². The van der Waals surface area contributed by atoms with Crippen LogP contribution in [0.2, 0.25) is 5.02 Å². The molecule has 6 heteroatoms. The highest BCUT2D eigenvalue weighted by atomic mass is 35.5. The number of carbonyl (C=O) groups is 2. The molecular weight excluding hydrogens is 355 g/mol. The summed E-state index contributed by atoms with van der Waals surface area (Å²) in [6, 6.07) is 4.80. The van der Waals surface area contributed by atoms with Crippen LogP contribution in [0.5, 0.6) is 0 Å². The third kappa shape index (κ3) is 4.20. The van der Waals surface area contributed by atoms with Crippen LogP contribution in [0.1, 0.15) is 45.1 Å². The number of nitrogens with zero attached hydrogens (tertiary/aromatic N) is 2. The van der Waals surface area contributed by atoms with Gasteiger partial charge < -0.3 is 9.80 Å². The Bertz CT molecular complexity index is 662. The zero-order valence-electron chi connectivity index (χ0n) is 15.4. The quantitative estimate of drug-likeness (QED) is 0.778. The minimum Gasteiger partial charge on any atom is -0.342 e. The monoisotopic (exact) mass is 380 g/mol. The van der Waals surface area contributed by atoms with Crippen molar-refractivity contribution in [3.8, 4) is 0 Å². The van der Waals surface area contributed by atoms with E-state index in [0.29, 0.717) is 36.5 Å². The molecule has 1 aliphatic carbocycles. The van der Waals surface area contributed by atoms with E-state index in [0.717, 1.165) is 12.8 Å². The molecular formula is C20H26ClFN2O2. The van der Waals surface area contributed by atoms with Gasteiger partial charge in [-0.3, -0.25) is 9.59 Å². The van der Waals surface area contributed by atoms with Crippen molar-refractivity contribution in [2.75, 3.05) is 13.1 Å². The Labute approximate surface area is 159 Å². The largest absolute Gasteiger partial charge is 0.342 e. The standard InChI is InChI=1S/C20H26ClFN2O2/c1-13(2)19(25)23-10-8-14(9-11-23)20(26)24(15-6-7-15)12-16-17(21)4-3-5-18(16)22/h3-5,13-15H,6-12H2,1-2H3. The molecule has 1 aromatic rings. The summed E-state index contributed by atoms with van der Waals surface area (Å²) in [7, 11) is 0. The Morgan fingerprint density at radius 2 is 1.88 bits per heavy atom. The maximum atomic E-state index is 14.1. The zero-order valence-corrected chi connectivity index (χ0v) is 16.1. The summed E-state index contributed by atoms with van der Waals surface area (Å²) < 4.78 is 14.1. The van der Waals surface area contributed by atoms with E-state index in [1.165, 1.54) is 6.07 Å². The van der Waals surface area contributed by atoms with E-state index < -0.39 is 0 Å². The molecule has 2 fully saturated rings. The van der Waals surface area contributed by atoms with Crippen LogP contribution < -0.4 is 0 Å². The summed E-state index contributed by atoms with van der Waals surface area (Å²) in [6.07, 6.45) is 3.27. The highest BCUT2D eigenvalue weighted by molar-refractivity contribution is 6.31. The van der Waals surface area contributed by atoms with Gasteiger partial charge in [-0.15, -0.1) is 0 Å². The summed E-state index contributed by atoms with van der Waals surface area (Å²) in [6.45, 7) is 5.25. The van der Waals surface area contributed by atoms with Crippen LogP contribution in [0.25, 0.3) is 0 Å². The lowest BCUT2D eigenvalue weighted by Crippen LogP contribution is -2.45. The van der Waals surface area contributed by atoms with Gasteiger partial charge >= 0.3 is 0 Å². The number of likely N-dealkylation sites (tertiary alicyclic amines) is 1. The molecule has 1 saturated heterocycles. The first-order chi connectivity index (χ1) is 12.4. The summed E-state index contributed by atoms with van der Waals surface area (Å²) >= 11 is 6.15. The number of rotatable bonds is 5. The van der Waals surface area contributed by atoms with Crippen LogP contribution >= 0.6 is 11.6 Å². The zero-order chi connectivity index (χ0) is 18.8. The van der Waals surface area contributed by atoms with Crippen molar-refractivity contribution in [2.45, 2.75) is 52.1 Å². The molecule has 0 atom stereocenters. The Morgan fingerprint density at radius 1 is 1.23 bits per heavy atom. The van der Waals surface area contributed by atoms with Crippen LogP contribution in [0.3, 0.4) is 0 Å². The molecule has 2 aliphatic rings. The molecule has 0 bridgehead atoms. The molecule has 2 amide bonds. The molecule has 0 aromatic heterocycles. The molecule has 4 nitrogen and oxygen atoms in total. The SMILES string of the molecule is CC(C)C(=O)N1CCC(C(=O)N(Cc2c(F)cccc2Cl)C2CC2)CC1. The number of carbonyl (C=O) groups excluding carboxylic acids is 2. The lowest BCUT2D eigenvalue weighted by molar-refractivity contribution is -0.142. The predicted octanol–water partition coefficient (Wildman–Crippen LogP) is 3.86. The van der Waals surface area contributed by atoms with Gasteiger partial charge in [-0.1, -0.05) is 31.5 Å². The number of hydrogen-bond acceptors (Lipinski definition) is 2. The van der Waals surface area contributed by atoms with Crippen LogP contribution in [-0.2, 0) is 16.1 Å². The third-order valence-electron chi connectivity index (χ3n) is 5.31. The van der Waals surface area contributed by atoms with Crippen molar-refractivity contribution in [3.05, 3.63) is 34.6 Å². The molecule has 1 saturated carbocycles. The van der Waals surface area contributed by atoms with Crippen molar-refractivity contribution in [1.82, 2.24) is 9.80 Å². The molecule has 1 aliphatic heterocycles. The number of amides is 2. The number of halogens is 2. The van der Waals surface area contributed by atoms with Gasteiger partial charge in [0.2, 0.25) is 11.8 Å². The molecule has 142 valence electrons. The minimum atomic E-state index is -0.367.